The zero-order chi connectivity index (χ0) is 10.2. The molecule has 2 rings (SSSR count). The van der Waals surface area contributed by atoms with Gasteiger partial charge in [0.25, 0.3) is 0 Å². The molecular weight excluding hydrogens is 198 g/mol. The predicted octanol–water partition coefficient (Wildman–Crippen LogP) is 1.60. The minimum Gasteiger partial charge on any atom is -0.225 e. The van der Waals surface area contributed by atoms with Crippen molar-refractivity contribution in [3.63, 3.8) is 0 Å². The molecular formula is C10H10NO2S+. The van der Waals surface area contributed by atoms with E-state index in [0.29, 0.717) is 0 Å². The molecule has 0 aliphatic rings. The molecule has 0 radical (unpaired) electrons. The number of sulfonamides is 1. The molecule has 3 nitrogen and oxygen atoms in total. The second-order valence-electron chi connectivity index (χ2n) is 3.05. The van der Waals surface area contributed by atoms with Crippen LogP contribution in [0.2, 0.25) is 0 Å². The van der Waals surface area contributed by atoms with Gasteiger partial charge in [0.05, 0.1) is 4.90 Å². The van der Waals surface area contributed by atoms with Crippen LogP contribution in [0.1, 0.15) is 1.43 Å². The summed E-state index contributed by atoms with van der Waals surface area (Å²) in [4.78, 5) is 0.149. The number of primary sulfonamides is 1. The van der Waals surface area contributed by atoms with Gasteiger partial charge < -0.3 is 0 Å². The molecule has 0 saturated heterocycles. The lowest BCUT2D eigenvalue weighted by Crippen LogP contribution is -2.11. The molecule has 4 heteroatoms. The number of fused-ring (bicyclic) bond motifs is 1. The topological polar surface area (TPSA) is 60.2 Å². The lowest BCUT2D eigenvalue weighted by Gasteiger charge is -2.00. The summed E-state index contributed by atoms with van der Waals surface area (Å²) >= 11 is 0. The minimum atomic E-state index is -3.59. The van der Waals surface area contributed by atoms with Crippen LogP contribution in [0.15, 0.2) is 47.4 Å². The Morgan fingerprint density at radius 2 is 1.64 bits per heavy atom. The van der Waals surface area contributed by atoms with Crippen molar-refractivity contribution in [3.05, 3.63) is 42.5 Å². The lowest BCUT2D eigenvalue weighted by atomic mass is 10.1. The second-order valence-corrected chi connectivity index (χ2v) is 4.62. The fourth-order valence-electron chi connectivity index (χ4n) is 1.34. The van der Waals surface area contributed by atoms with Gasteiger partial charge in [-0.3, -0.25) is 0 Å². The monoisotopic (exact) mass is 208 g/mol. The quantitative estimate of drug-likeness (QED) is 0.773. The van der Waals surface area contributed by atoms with Crippen molar-refractivity contribution in [1.82, 2.24) is 0 Å². The molecule has 2 N–H and O–H groups in total. The normalized spacial score (nSPS) is 11.8. The van der Waals surface area contributed by atoms with Crippen LogP contribution in [0.5, 0.6) is 0 Å². The van der Waals surface area contributed by atoms with Crippen molar-refractivity contribution in [2.45, 2.75) is 4.90 Å². The Hall–Kier alpha value is -1.39. The van der Waals surface area contributed by atoms with Gasteiger partial charge in [-0.1, -0.05) is 30.3 Å². The van der Waals surface area contributed by atoms with Crippen molar-refractivity contribution in [1.29, 1.82) is 0 Å². The van der Waals surface area contributed by atoms with Gasteiger partial charge in [0, 0.05) is 0 Å². The number of hydrogen-bond donors (Lipinski definition) is 1. The van der Waals surface area contributed by atoms with Crippen molar-refractivity contribution in [2.24, 2.45) is 5.14 Å². The standard InChI is InChI=1S/C10H9NO2S/c11-14(12,13)10-6-5-8-3-1-2-4-9(8)7-10/h1-7H,(H2,11,12,13)/p+1. The van der Waals surface area contributed by atoms with E-state index in [4.69, 9.17) is 5.14 Å². The molecule has 72 valence electrons. The molecule has 0 atom stereocenters. The summed E-state index contributed by atoms with van der Waals surface area (Å²) in [5, 5.41) is 6.89. The molecule has 2 aromatic carbocycles. The highest BCUT2D eigenvalue weighted by atomic mass is 32.2. The zero-order valence-corrected chi connectivity index (χ0v) is 8.16. The Morgan fingerprint density at radius 3 is 2.29 bits per heavy atom. The van der Waals surface area contributed by atoms with Crippen LogP contribution in [-0.2, 0) is 10.0 Å². The van der Waals surface area contributed by atoms with E-state index < -0.39 is 10.0 Å². The highest BCUT2D eigenvalue weighted by Crippen LogP contribution is 2.17. The van der Waals surface area contributed by atoms with E-state index in [0.717, 1.165) is 10.8 Å². The molecule has 0 aliphatic carbocycles. The summed E-state index contributed by atoms with van der Waals surface area (Å²) in [7, 11) is -3.59. The smallest absolute Gasteiger partial charge is 0.225 e. The molecule has 0 aromatic heterocycles. The first-order valence-electron chi connectivity index (χ1n) is 4.09. The van der Waals surface area contributed by atoms with Crippen LogP contribution < -0.4 is 5.14 Å². The summed E-state index contributed by atoms with van der Waals surface area (Å²) in [6.45, 7) is 0. The van der Waals surface area contributed by atoms with Crippen LogP contribution in [0.4, 0.5) is 0 Å². The highest BCUT2D eigenvalue weighted by Gasteiger charge is 2.07. The van der Waals surface area contributed by atoms with Crippen molar-refractivity contribution < 1.29 is 9.84 Å². The maximum atomic E-state index is 11.1. The number of nitrogens with two attached hydrogens (primary N) is 1. The second kappa shape index (κ2) is 3.08. The van der Waals surface area contributed by atoms with E-state index >= 15 is 0 Å². The van der Waals surface area contributed by atoms with E-state index in [1.807, 2.05) is 24.3 Å². The van der Waals surface area contributed by atoms with Crippen molar-refractivity contribution in [2.75, 3.05) is 0 Å². The van der Waals surface area contributed by atoms with Gasteiger partial charge in [-0.25, -0.2) is 13.6 Å². The van der Waals surface area contributed by atoms with E-state index in [2.05, 4.69) is 0 Å². The third-order valence-corrected chi connectivity index (χ3v) is 2.96. The van der Waals surface area contributed by atoms with Crippen molar-refractivity contribution >= 4 is 20.8 Å². The van der Waals surface area contributed by atoms with Crippen LogP contribution >= 0.6 is 0 Å². The molecule has 14 heavy (non-hydrogen) atoms. The average molecular weight is 208 g/mol. The van der Waals surface area contributed by atoms with Gasteiger partial charge in [0.1, 0.15) is 0 Å². The maximum Gasteiger partial charge on any atom is 1.00 e. The highest BCUT2D eigenvalue weighted by molar-refractivity contribution is 7.89. The fraction of sp³-hybridized carbons (Fsp3) is 0. The maximum absolute atomic E-state index is 11.1. The summed E-state index contributed by atoms with van der Waals surface area (Å²) < 4.78 is 22.1. The Balaban J connectivity index is 0.00000112. The van der Waals surface area contributed by atoms with Gasteiger partial charge in [-0.05, 0) is 22.9 Å². The Labute approximate surface area is 83.7 Å². The average Bonchev–Trinajstić information content (AvgIpc) is 2.16. The zero-order valence-electron chi connectivity index (χ0n) is 8.34. The molecule has 0 amide bonds. The molecule has 0 heterocycles. The van der Waals surface area contributed by atoms with Gasteiger partial charge in [-0.2, -0.15) is 0 Å². The Kier molecular flexibility index (Phi) is 2.02. The SMILES string of the molecule is NS(=O)(=O)c1ccc2ccccc2c1.[H+]. The summed E-state index contributed by atoms with van der Waals surface area (Å²) in [6, 6.07) is 12.4. The van der Waals surface area contributed by atoms with E-state index in [-0.39, 0.29) is 6.32 Å². The summed E-state index contributed by atoms with van der Waals surface area (Å²) in [6.07, 6.45) is 0. The van der Waals surface area contributed by atoms with Crippen LogP contribution in [-0.4, -0.2) is 8.42 Å². The third-order valence-electron chi connectivity index (χ3n) is 2.05. The van der Waals surface area contributed by atoms with E-state index in [1.54, 1.807) is 12.1 Å². The number of rotatable bonds is 1. The molecule has 0 spiro atoms. The molecule has 0 unspecified atom stereocenters. The molecule has 0 fully saturated rings. The predicted molar refractivity (Wildman–Crippen MR) is 56.4 cm³/mol. The minimum absolute atomic E-state index is 0. The van der Waals surface area contributed by atoms with Crippen molar-refractivity contribution in [3.8, 4) is 0 Å². The van der Waals surface area contributed by atoms with E-state index in [1.165, 1.54) is 6.07 Å². The molecule has 0 bridgehead atoms. The summed E-state index contributed by atoms with van der Waals surface area (Å²) in [5.74, 6) is 0. The number of hydrogen-bond acceptors (Lipinski definition) is 2. The Morgan fingerprint density at radius 1 is 1.00 bits per heavy atom. The van der Waals surface area contributed by atoms with Gasteiger partial charge in [-0.15, -0.1) is 0 Å². The van der Waals surface area contributed by atoms with Crippen LogP contribution in [0, 0.1) is 0 Å². The third kappa shape index (κ3) is 1.62. The number of benzene rings is 2. The fourth-order valence-corrected chi connectivity index (χ4v) is 1.89. The van der Waals surface area contributed by atoms with Gasteiger partial charge in [0.15, 0.2) is 0 Å². The van der Waals surface area contributed by atoms with Gasteiger partial charge >= 0.3 is 1.43 Å². The van der Waals surface area contributed by atoms with Crippen LogP contribution in [0.25, 0.3) is 10.8 Å². The van der Waals surface area contributed by atoms with Gasteiger partial charge in [0.2, 0.25) is 10.0 Å². The first-order valence-corrected chi connectivity index (χ1v) is 5.63. The van der Waals surface area contributed by atoms with E-state index in [9.17, 15) is 8.42 Å². The Bertz CT molecular complexity index is 581. The van der Waals surface area contributed by atoms with Crippen LogP contribution in [0.3, 0.4) is 0 Å². The molecule has 0 saturated carbocycles. The molecule has 0 aliphatic heterocycles. The summed E-state index contributed by atoms with van der Waals surface area (Å²) in [5.41, 5.74) is 0. The first-order chi connectivity index (χ1) is 6.57. The lowest BCUT2D eigenvalue weighted by molar-refractivity contribution is 0.598. The first kappa shape index (κ1) is 9.18. The molecule has 2 aromatic rings. The largest absolute Gasteiger partial charge is 1.00 e.